The number of benzene rings is 1. The van der Waals surface area contributed by atoms with Crippen LogP contribution in [0.15, 0.2) is 30.6 Å². The first-order valence-electron chi connectivity index (χ1n) is 6.08. The van der Waals surface area contributed by atoms with Crippen molar-refractivity contribution in [1.29, 1.82) is 0 Å². The van der Waals surface area contributed by atoms with Crippen LogP contribution in [-0.4, -0.2) is 14.9 Å². The van der Waals surface area contributed by atoms with E-state index in [-0.39, 0.29) is 0 Å². The lowest BCUT2D eigenvalue weighted by atomic mass is 10.0. The van der Waals surface area contributed by atoms with Crippen molar-refractivity contribution in [2.75, 3.05) is 0 Å². The average molecular weight is 265 g/mol. The molecule has 1 heterocycles. The van der Waals surface area contributed by atoms with Crippen LogP contribution in [-0.2, 0) is 6.54 Å². The molecule has 4 heteroatoms. The van der Waals surface area contributed by atoms with Gasteiger partial charge in [0, 0.05) is 23.3 Å². The molecule has 0 aliphatic heterocycles. The zero-order chi connectivity index (χ0) is 13.1. The molecule has 0 saturated carbocycles. The molecule has 0 aliphatic carbocycles. The quantitative estimate of drug-likeness (QED) is 0.920. The molecule has 0 bridgehead atoms. The summed E-state index contributed by atoms with van der Waals surface area (Å²) in [7, 11) is 0. The number of aliphatic hydroxyl groups is 1. The SMILES string of the molecule is CCCn1cc(C(O)c2ccc(C)c(Cl)c2)cn1. The lowest BCUT2D eigenvalue weighted by Crippen LogP contribution is -1.99. The number of halogens is 1. The van der Waals surface area contributed by atoms with Crippen molar-refractivity contribution in [2.45, 2.75) is 32.9 Å². The molecule has 0 radical (unpaired) electrons. The number of nitrogens with zero attached hydrogens (tertiary/aromatic N) is 2. The van der Waals surface area contributed by atoms with Gasteiger partial charge >= 0.3 is 0 Å². The predicted octanol–water partition coefficient (Wildman–Crippen LogP) is 3.34. The molecule has 96 valence electrons. The van der Waals surface area contributed by atoms with Gasteiger partial charge in [0.2, 0.25) is 0 Å². The van der Waals surface area contributed by atoms with Crippen molar-refractivity contribution in [1.82, 2.24) is 9.78 Å². The van der Waals surface area contributed by atoms with E-state index >= 15 is 0 Å². The van der Waals surface area contributed by atoms with Crippen LogP contribution in [0.1, 0.15) is 36.1 Å². The van der Waals surface area contributed by atoms with Crippen molar-refractivity contribution in [2.24, 2.45) is 0 Å². The molecule has 0 amide bonds. The Morgan fingerprint density at radius 3 is 2.83 bits per heavy atom. The fraction of sp³-hybridized carbons (Fsp3) is 0.357. The number of rotatable bonds is 4. The predicted molar refractivity (Wildman–Crippen MR) is 72.8 cm³/mol. The summed E-state index contributed by atoms with van der Waals surface area (Å²) in [6, 6.07) is 5.61. The van der Waals surface area contributed by atoms with E-state index in [4.69, 9.17) is 11.6 Å². The third-order valence-corrected chi connectivity index (χ3v) is 3.34. The van der Waals surface area contributed by atoms with Crippen LogP contribution in [0.4, 0.5) is 0 Å². The molecule has 2 aromatic rings. The maximum Gasteiger partial charge on any atom is 0.107 e. The highest BCUT2D eigenvalue weighted by Gasteiger charge is 2.13. The highest BCUT2D eigenvalue weighted by molar-refractivity contribution is 6.31. The fourth-order valence-electron chi connectivity index (χ4n) is 1.84. The fourth-order valence-corrected chi connectivity index (χ4v) is 2.03. The van der Waals surface area contributed by atoms with Crippen LogP contribution in [0.3, 0.4) is 0 Å². The van der Waals surface area contributed by atoms with Crippen molar-refractivity contribution in [3.63, 3.8) is 0 Å². The van der Waals surface area contributed by atoms with Gasteiger partial charge in [0.05, 0.1) is 6.20 Å². The smallest absolute Gasteiger partial charge is 0.107 e. The van der Waals surface area contributed by atoms with Gasteiger partial charge in [-0.25, -0.2) is 0 Å². The molecule has 18 heavy (non-hydrogen) atoms. The lowest BCUT2D eigenvalue weighted by Gasteiger charge is -2.10. The second kappa shape index (κ2) is 5.55. The number of hydrogen-bond acceptors (Lipinski definition) is 2. The van der Waals surface area contributed by atoms with Gasteiger partial charge in [-0.3, -0.25) is 4.68 Å². The third kappa shape index (κ3) is 2.74. The second-order valence-corrected chi connectivity index (χ2v) is 4.86. The standard InChI is InChI=1S/C14H17ClN2O/c1-3-6-17-9-12(8-16-17)14(18)11-5-4-10(2)13(15)7-11/h4-5,7-9,14,18H,3,6H2,1-2H3. The average Bonchev–Trinajstić information content (AvgIpc) is 2.81. The molecule has 1 N–H and O–H groups in total. The monoisotopic (exact) mass is 264 g/mol. The molecule has 1 atom stereocenters. The van der Waals surface area contributed by atoms with Gasteiger partial charge in [-0.2, -0.15) is 5.10 Å². The minimum Gasteiger partial charge on any atom is -0.384 e. The minimum absolute atomic E-state index is 0.672. The van der Waals surface area contributed by atoms with Crippen molar-refractivity contribution < 1.29 is 5.11 Å². The van der Waals surface area contributed by atoms with E-state index in [2.05, 4.69) is 12.0 Å². The number of hydrogen-bond donors (Lipinski definition) is 1. The van der Waals surface area contributed by atoms with E-state index in [0.29, 0.717) is 5.02 Å². The minimum atomic E-state index is -0.672. The number of aliphatic hydroxyl groups excluding tert-OH is 1. The summed E-state index contributed by atoms with van der Waals surface area (Å²) >= 11 is 6.07. The van der Waals surface area contributed by atoms with Crippen LogP contribution in [0, 0.1) is 6.92 Å². The van der Waals surface area contributed by atoms with Gasteiger partial charge in [-0.05, 0) is 30.5 Å². The molecular weight excluding hydrogens is 248 g/mol. The number of aryl methyl sites for hydroxylation is 2. The largest absolute Gasteiger partial charge is 0.384 e. The summed E-state index contributed by atoms with van der Waals surface area (Å²) in [6.45, 7) is 4.90. The molecule has 0 spiro atoms. The molecule has 1 aromatic carbocycles. The zero-order valence-electron chi connectivity index (χ0n) is 10.6. The van der Waals surface area contributed by atoms with Gasteiger partial charge in [0.15, 0.2) is 0 Å². The van der Waals surface area contributed by atoms with Crippen LogP contribution in [0.5, 0.6) is 0 Å². The van der Waals surface area contributed by atoms with Crippen LogP contribution >= 0.6 is 11.6 Å². The first-order valence-corrected chi connectivity index (χ1v) is 6.46. The van der Waals surface area contributed by atoms with Crippen LogP contribution in [0.25, 0.3) is 0 Å². The molecule has 2 rings (SSSR count). The van der Waals surface area contributed by atoms with E-state index in [1.807, 2.05) is 29.9 Å². The molecule has 0 aliphatic rings. The Hall–Kier alpha value is -1.32. The van der Waals surface area contributed by atoms with Gasteiger partial charge in [0.1, 0.15) is 6.10 Å². The normalized spacial score (nSPS) is 12.7. The van der Waals surface area contributed by atoms with Gasteiger partial charge in [-0.1, -0.05) is 30.7 Å². The van der Waals surface area contributed by atoms with E-state index in [1.165, 1.54) is 0 Å². The van der Waals surface area contributed by atoms with E-state index in [1.54, 1.807) is 12.3 Å². The topological polar surface area (TPSA) is 38.0 Å². The van der Waals surface area contributed by atoms with E-state index in [0.717, 1.165) is 29.7 Å². The van der Waals surface area contributed by atoms with Crippen molar-refractivity contribution >= 4 is 11.6 Å². The first-order chi connectivity index (χ1) is 8.61. The van der Waals surface area contributed by atoms with Crippen LogP contribution in [0.2, 0.25) is 5.02 Å². The van der Waals surface area contributed by atoms with Gasteiger partial charge < -0.3 is 5.11 Å². The summed E-state index contributed by atoms with van der Waals surface area (Å²) in [6.07, 6.45) is 3.93. The first kappa shape index (κ1) is 13.1. The Morgan fingerprint density at radius 2 is 2.17 bits per heavy atom. The van der Waals surface area contributed by atoms with Crippen molar-refractivity contribution in [3.8, 4) is 0 Å². The lowest BCUT2D eigenvalue weighted by molar-refractivity contribution is 0.220. The summed E-state index contributed by atoms with van der Waals surface area (Å²) in [5.74, 6) is 0. The molecule has 3 nitrogen and oxygen atoms in total. The van der Waals surface area contributed by atoms with Crippen molar-refractivity contribution in [3.05, 3.63) is 52.3 Å². The van der Waals surface area contributed by atoms with Crippen LogP contribution < -0.4 is 0 Å². The summed E-state index contributed by atoms with van der Waals surface area (Å²) in [5.41, 5.74) is 2.60. The highest BCUT2D eigenvalue weighted by Crippen LogP contribution is 2.25. The Morgan fingerprint density at radius 1 is 1.39 bits per heavy atom. The Labute approximate surface area is 112 Å². The van der Waals surface area contributed by atoms with E-state index < -0.39 is 6.10 Å². The molecule has 1 aromatic heterocycles. The Kier molecular flexibility index (Phi) is 4.04. The maximum atomic E-state index is 10.3. The maximum absolute atomic E-state index is 10.3. The third-order valence-electron chi connectivity index (χ3n) is 2.93. The molecule has 0 saturated heterocycles. The molecular formula is C14H17ClN2O. The summed E-state index contributed by atoms with van der Waals surface area (Å²) in [4.78, 5) is 0. The zero-order valence-corrected chi connectivity index (χ0v) is 11.4. The van der Waals surface area contributed by atoms with Gasteiger partial charge in [0.25, 0.3) is 0 Å². The highest BCUT2D eigenvalue weighted by atomic mass is 35.5. The molecule has 0 fully saturated rings. The second-order valence-electron chi connectivity index (χ2n) is 4.45. The summed E-state index contributed by atoms with van der Waals surface area (Å²) in [5, 5.41) is 15.2. The number of aromatic nitrogens is 2. The van der Waals surface area contributed by atoms with Gasteiger partial charge in [-0.15, -0.1) is 0 Å². The molecule has 1 unspecified atom stereocenters. The Bertz CT molecular complexity index is 536. The summed E-state index contributed by atoms with van der Waals surface area (Å²) < 4.78 is 1.84. The Balaban J connectivity index is 2.23. The van der Waals surface area contributed by atoms with E-state index in [9.17, 15) is 5.11 Å².